The zero-order valence-electron chi connectivity index (χ0n) is 18.4. The summed E-state index contributed by atoms with van der Waals surface area (Å²) in [4.78, 5) is 33.8. The SMILES string of the molecule is CN(C(=O)c1cc(C2CCN(C(=O)c3nccc4ccccc34)CC2)[nH]n1)c1ccccc1. The van der Waals surface area contributed by atoms with Gasteiger partial charge in [0.05, 0.1) is 0 Å². The van der Waals surface area contributed by atoms with Crippen molar-refractivity contribution in [2.45, 2.75) is 18.8 Å². The summed E-state index contributed by atoms with van der Waals surface area (Å²) in [6.45, 7) is 1.28. The molecule has 1 N–H and O–H groups in total. The lowest BCUT2D eigenvalue weighted by Crippen LogP contribution is -2.38. The Kier molecular flexibility index (Phi) is 5.60. The normalized spacial score (nSPS) is 14.4. The molecule has 0 spiro atoms. The summed E-state index contributed by atoms with van der Waals surface area (Å²) >= 11 is 0. The fraction of sp³-hybridized carbons (Fsp3) is 0.231. The lowest BCUT2D eigenvalue weighted by Gasteiger charge is -2.31. The van der Waals surface area contributed by atoms with E-state index in [1.165, 1.54) is 0 Å². The molecule has 2 amide bonds. The van der Waals surface area contributed by atoms with Crippen LogP contribution in [0.25, 0.3) is 10.8 Å². The number of fused-ring (bicyclic) bond motifs is 1. The van der Waals surface area contributed by atoms with Crippen LogP contribution in [0.3, 0.4) is 0 Å². The first kappa shape index (κ1) is 20.9. The lowest BCUT2D eigenvalue weighted by molar-refractivity contribution is 0.0708. The Labute approximate surface area is 192 Å². The average Bonchev–Trinajstić information content (AvgIpc) is 3.38. The number of H-pyrrole nitrogens is 1. The van der Waals surface area contributed by atoms with Gasteiger partial charge in [-0.2, -0.15) is 5.10 Å². The Balaban J connectivity index is 1.25. The van der Waals surface area contributed by atoms with Crippen molar-refractivity contribution in [3.05, 3.63) is 90.0 Å². The number of piperidine rings is 1. The van der Waals surface area contributed by atoms with E-state index in [0.717, 1.165) is 35.0 Å². The van der Waals surface area contributed by atoms with Gasteiger partial charge in [0, 0.05) is 49.0 Å². The summed E-state index contributed by atoms with van der Waals surface area (Å²) in [6, 6.07) is 21.1. The molecule has 1 saturated heterocycles. The Hall–Kier alpha value is -4.00. The second-order valence-electron chi connectivity index (χ2n) is 8.36. The van der Waals surface area contributed by atoms with Crippen LogP contribution in [0.15, 0.2) is 72.9 Å². The predicted molar refractivity (Wildman–Crippen MR) is 127 cm³/mol. The summed E-state index contributed by atoms with van der Waals surface area (Å²) in [5, 5.41) is 9.21. The molecule has 166 valence electrons. The topological polar surface area (TPSA) is 82.2 Å². The molecule has 2 aromatic heterocycles. The minimum Gasteiger partial charge on any atom is -0.337 e. The van der Waals surface area contributed by atoms with E-state index in [4.69, 9.17) is 0 Å². The second kappa shape index (κ2) is 8.86. The Morgan fingerprint density at radius 3 is 2.52 bits per heavy atom. The number of carbonyl (C=O) groups excluding carboxylic acids is 2. The van der Waals surface area contributed by atoms with E-state index in [0.29, 0.717) is 24.5 Å². The molecule has 3 heterocycles. The summed E-state index contributed by atoms with van der Waals surface area (Å²) in [6.07, 6.45) is 3.31. The van der Waals surface area contributed by atoms with E-state index in [1.807, 2.05) is 71.6 Å². The molecule has 2 aromatic carbocycles. The summed E-state index contributed by atoms with van der Waals surface area (Å²) < 4.78 is 0. The minimum atomic E-state index is -0.154. The van der Waals surface area contributed by atoms with Crippen molar-refractivity contribution < 1.29 is 9.59 Å². The van der Waals surface area contributed by atoms with Gasteiger partial charge in [0.2, 0.25) is 0 Å². The molecule has 0 unspecified atom stereocenters. The highest BCUT2D eigenvalue weighted by Crippen LogP contribution is 2.29. The number of amides is 2. The first-order chi connectivity index (χ1) is 16.1. The summed E-state index contributed by atoms with van der Waals surface area (Å²) in [5.41, 5.74) is 2.66. The average molecular weight is 440 g/mol. The third kappa shape index (κ3) is 4.09. The van der Waals surface area contributed by atoms with Gasteiger partial charge in [-0.05, 0) is 42.5 Å². The number of anilines is 1. The molecule has 1 fully saturated rings. The molecule has 0 saturated carbocycles. The van der Waals surface area contributed by atoms with Crippen molar-refractivity contribution in [1.29, 1.82) is 0 Å². The monoisotopic (exact) mass is 439 g/mol. The van der Waals surface area contributed by atoms with Crippen LogP contribution in [0.5, 0.6) is 0 Å². The van der Waals surface area contributed by atoms with E-state index in [1.54, 1.807) is 18.1 Å². The van der Waals surface area contributed by atoms with Crippen LogP contribution in [0.4, 0.5) is 5.69 Å². The van der Waals surface area contributed by atoms with Crippen LogP contribution in [0.1, 0.15) is 45.4 Å². The zero-order chi connectivity index (χ0) is 22.8. The van der Waals surface area contributed by atoms with E-state index in [2.05, 4.69) is 15.2 Å². The van der Waals surface area contributed by atoms with Gasteiger partial charge in [0.15, 0.2) is 5.69 Å². The third-order valence-electron chi connectivity index (χ3n) is 6.36. The van der Waals surface area contributed by atoms with Crippen molar-refractivity contribution in [3.63, 3.8) is 0 Å². The number of benzene rings is 2. The second-order valence-corrected chi connectivity index (χ2v) is 8.36. The fourth-order valence-corrected chi connectivity index (χ4v) is 4.43. The molecule has 5 rings (SSSR count). The van der Waals surface area contributed by atoms with Gasteiger partial charge in [-0.15, -0.1) is 0 Å². The van der Waals surface area contributed by atoms with Gasteiger partial charge < -0.3 is 9.80 Å². The third-order valence-corrected chi connectivity index (χ3v) is 6.36. The number of aromatic nitrogens is 3. The number of nitrogens with one attached hydrogen (secondary N) is 1. The van der Waals surface area contributed by atoms with Gasteiger partial charge in [-0.1, -0.05) is 42.5 Å². The van der Waals surface area contributed by atoms with Crippen molar-refractivity contribution in [1.82, 2.24) is 20.1 Å². The molecule has 1 aliphatic heterocycles. The first-order valence-electron chi connectivity index (χ1n) is 11.1. The number of nitrogens with zero attached hydrogens (tertiary/aromatic N) is 4. The maximum Gasteiger partial charge on any atom is 0.278 e. The molecule has 0 atom stereocenters. The van der Waals surface area contributed by atoms with E-state index in [-0.39, 0.29) is 17.7 Å². The largest absolute Gasteiger partial charge is 0.337 e. The number of likely N-dealkylation sites (tertiary alicyclic amines) is 1. The molecule has 0 radical (unpaired) electrons. The number of hydrogen-bond acceptors (Lipinski definition) is 4. The smallest absolute Gasteiger partial charge is 0.278 e. The van der Waals surface area contributed by atoms with Crippen LogP contribution in [-0.4, -0.2) is 52.0 Å². The quantitative estimate of drug-likeness (QED) is 0.515. The van der Waals surface area contributed by atoms with Gasteiger partial charge >= 0.3 is 0 Å². The molecule has 1 aliphatic rings. The van der Waals surface area contributed by atoms with Gasteiger partial charge in [0.1, 0.15) is 5.69 Å². The number of para-hydroxylation sites is 1. The van der Waals surface area contributed by atoms with Crippen LogP contribution in [0.2, 0.25) is 0 Å². The van der Waals surface area contributed by atoms with Crippen LogP contribution >= 0.6 is 0 Å². The maximum absolute atomic E-state index is 13.2. The highest BCUT2D eigenvalue weighted by molar-refractivity contribution is 6.05. The molecule has 33 heavy (non-hydrogen) atoms. The first-order valence-corrected chi connectivity index (χ1v) is 11.1. The number of carbonyl (C=O) groups is 2. The summed E-state index contributed by atoms with van der Waals surface area (Å²) in [5.74, 6) is 0.0409. The maximum atomic E-state index is 13.2. The Morgan fingerprint density at radius 1 is 1.00 bits per heavy atom. The van der Waals surface area contributed by atoms with Crippen LogP contribution < -0.4 is 4.90 Å². The molecule has 0 bridgehead atoms. The van der Waals surface area contributed by atoms with Gasteiger partial charge in [0.25, 0.3) is 11.8 Å². The molecule has 0 aliphatic carbocycles. The van der Waals surface area contributed by atoms with Crippen molar-refractivity contribution in [2.75, 3.05) is 25.0 Å². The Morgan fingerprint density at radius 2 is 1.73 bits per heavy atom. The Bertz CT molecular complexity index is 1290. The van der Waals surface area contributed by atoms with Crippen molar-refractivity contribution in [3.8, 4) is 0 Å². The molecule has 7 heteroatoms. The van der Waals surface area contributed by atoms with Crippen molar-refractivity contribution >= 4 is 28.3 Å². The van der Waals surface area contributed by atoms with Gasteiger partial charge in [-0.3, -0.25) is 19.7 Å². The standard InChI is InChI=1S/C26H25N5O2/c1-30(20-8-3-2-4-9-20)25(32)23-17-22(28-29-23)19-12-15-31(16-13-19)26(33)24-21-10-6-5-7-18(21)11-14-27-24/h2-11,14,17,19H,12-13,15-16H2,1H3,(H,28,29). The lowest BCUT2D eigenvalue weighted by atomic mass is 9.93. The number of aromatic amines is 1. The highest BCUT2D eigenvalue weighted by atomic mass is 16.2. The van der Waals surface area contributed by atoms with Crippen LogP contribution in [0, 0.1) is 0 Å². The molecular weight excluding hydrogens is 414 g/mol. The molecule has 7 nitrogen and oxygen atoms in total. The van der Waals surface area contributed by atoms with Gasteiger partial charge in [-0.25, -0.2) is 0 Å². The predicted octanol–water partition coefficient (Wildman–Crippen LogP) is 4.25. The molecular formula is C26H25N5O2. The van der Waals surface area contributed by atoms with E-state index >= 15 is 0 Å². The highest BCUT2D eigenvalue weighted by Gasteiger charge is 2.28. The van der Waals surface area contributed by atoms with E-state index < -0.39 is 0 Å². The summed E-state index contributed by atoms with van der Waals surface area (Å²) in [7, 11) is 1.75. The van der Waals surface area contributed by atoms with Crippen LogP contribution in [-0.2, 0) is 0 Å². The fourth-order valence-electron chi connectivity index (χ4n) is 4.43. The number of rotatable bonds is 4. The molecule has 4 aromatic rings. The van der Waals surface area contributed by atoms with E-state index in [9.17, 15) is 9.59 Å². The zero-order valence-corrected chi connectivity index (χ0v) is 18.4. The number of hydrogen-bond donors (Lipinski definition) is 1. The van der Waals surface area contributed by atoms with Crippen molar-refractivity contribution in [2.24, 2.45) is 0 Å². The minimum absolute atomic E-state index is 0.0322. The number of pyridine rings is 1.